The van der Waals surface area contributed by atoms with Gasteiger partial charge in [-0.15, -0.1) is 11.3 Å². The van der Waals surface area contributed by atoms with Gasteiger partial charge in [-0.05, 0) is 43.3 Å². The van der Waals surface area contributed by atoms with E-state index in [1.54, 1.807) is 11.3 Å². The minimum Gasteiger partial charge on any atom is -0.379 e. The highest BCUT2D eigenvalue weighted by molar-refractivity contribution is 7.09. The number of amides is 1. The summed E-state index contributed by atoms with van der Waals surface area (Å²) in [5.74, 6) is 0.920. The Morgan fingerprint density at radius 1 is 1.22 bits per heavy atom. The Morgan fingerprint density at radius 2 is 2.00 bits per heavy atom. The molecule has 0 unspecified atom stereocenters. The van der Waals surface area contributed by atoms with Gasteiger partial charge >= 0.3 is 0 Å². The van der Waals surface area contributed by atoms with Crippen molar-refractivity contribution in [3.8, 4) is 0 Å². The van der Waals surface area contributed by atoms with Gasteiger partial charge in [-0.1, -0.05) is 6.07 Å². The maximum absolute atomic E-state index is 12.0. The topological polar surface area (TPSA) is 44.8 Å². The fourth-order valence-corrected chi connectivity index (χ4v) is 3.98. The molecule has 2 fully saturated rings. The molecule has 2 aliphatic rings. The molecule has 0 atom stereocenters. The smallest absolute Gasteiger partial charge is 0.234 e. The van der Waals surface area contributed by atoms with E-state index in [-0.39, 0.29) is 5.91 Å². The number of nitrogens with zero attached hydrogens (tertiary/aromatic N) is 2. The van der Waals surface area contributed by atoms with E-state index in [1.807, 2.05) is 11.4 Å². The number of carbonyl (C=O) groups is 1. The van der Waals surface area contributed by atoms with Crippen molar-refractivity contribution in [3.63, 3.8) is 0 Å². The van der Waals surface area contributed by atoms with Crippen molar-refractivity contribution in [2.24, 2.45) is 5.92 Å². The third kappa shape index (κ3) is 5.57. The van der Waals surface area contributed by atoms with Crippen LogP contribution in [-0.2, 0) is 16.1 Å². The van der Waals surface area contributed by atoms with E-state index in [2.05, 4.69) is 21.2 Å². The van der Waals surface area contributed by atoms with Crippen molar-refractivity contribution in [3.05, 3.63) is 22.4 Å². The van der Waals surface area contributed by atoms with Crippen LogP contribution in [0.25, 0.3) is 0 Å². The van der Waals surface area contributed by atoms with Crippen LogP contribution in [-0.4, -0.2) is 68.2 Å². The van der Waals surface area contributed by atoms with Crippen LogP contribution in [0.4, 0.5) is 0 Å². The molecule has 5 nitrogen and oxygen atoms in total. The Morgan fingerprint density at radius 3 is 2.70 bits per heavy atom. The van der Waals surface area contributed by atoms with Crippen LogP contribution in [0.1, 0.15) is 17.7 Å². The quantitative estimate of drug-likeness (QED) is 0.852. The van der Waals surface area contributed by atoms with E-state index in [1.165, 1.54) is 24.3 Å². The second-order valence-corrected chi connectivity index (χ2v) is 7.52. The fourth-order valence-electron chi connectivity index (χ4n) is 3.33. The van der Waals surface area contributed by atoms with E-state index in [0.717, 1.165) is 45.3 Å². The number of ether oxygens (including phenoxy) is 1. The molecule has 0 spiro atoms. The number of hydrogen-bond acceptors (Lipinski definition) is 5. The summed E-state index contributed by atoms with van der Waals surface area (Å²) in [6.45, 7) is 8.38. The molecule has 0 bridgehead atoms. The lowest BCUT2D eigenvalue weighted by Crippen LogP contribution is -2.45. The minimum absolute atomic E-state index is 0.144. The van der Waals surface area contributed by atoms with Crippen molar-refractivity contribution >= 4 is 17.2 Å². The number of morpholine rings is 1. The second-order valence-electron chi connectivity index (χ2n) is 6.49. The van der Waals surface area contributed by atoms with E-state index in [0.29, 0.717) is 13.1 Å². The second kappa shape index (κ2) is 8.78. The van der Waals surface area contributed by atoms with Gasteiger partial charge in [-0.25, -0.2) is 0 Å². The van der Waals surface area contributed by atoms with Gasteiger partial charge in [-0.3, -0.25) is 14.6 Å². The van der Waals surface area contributed by atoms with Crippen LogP contribution in [0.5, 0.6) is 0 Å². The first-order valence-electron chi connectivity index (χ1n) is 8.61. The molecule has 2 saturated heterocycles. The molecule has 1 amide bonds. The van der Waals surface area contributed by atoms with Crippen molar-refractivity contribution in [2.75, 3.05) is 52.5 Å². The lowest BCUT2D eigenvalue weighted by atomic mass is 9.96. The largest absolute Gasteiger partial charge is 0.379 e. The summed E-state index contributed by atoms with van der Waals surface area (Å²) in [6.07, 6.45) is 2.41. The van der Waals surface area contributed by atoms with Crippen LogP contribution in [0.3, 0.4) is 0 Å². The van der Waals surface area contributed by atoms with Crippen LogP contribution in [0, 0.1) is 5.92 Å². The lowest BCUT2D eigenvalue weighted by Gasteiger charge is -2.35. The molecule has 0 saturated carbocycles. The van der Waals surface area contributed by atoms with Gasteiger partial charge in [0.25, 0.3) is 0 Å². The van der Waals surface area contributed by atoms with Crippen LogP contribution < -0.4 is 5.32 Å². The Balaban J connectivity index is 1.31. The van der Waals surface area contributed by atoms with Crippen molar-refractivity contribution < 1.29 is 9.53 Å². The lowest BCUT2D eigenvalue weighted by molar-refractivity contribution is -0.122. The highest BCUT2D eigenvalue weighted by Gasteiger charge is 2.23. The predicted octanol–water partition coefficient (Wildman–Crippen LogP) is 1.41. The number of hydrogen-bond donors (Lipinski definition) is 1. The molecule has 2 aliphatic heterocycles. The molecule has 3 rings (SSSR count). The number of piperidine rings is 1. The van der Waals surface area contributed by atoms with E-state index in [9.17, 15) is 4.79 Å². The van der Waals surface area contributed by atoms with Gasteiger partial charge in [-0.2, -0.15) is 0 Å². The zero-order chi connectivity index (χ0) is 15.9. The van der Waals surface area contributed by atoms with Crippen LogP contribution >= 0.6 is 11.3 Å². The van der Waals surface area contributed by atoms with Gasteiger partial charge in [0.1, 0.15) is 0 Å². The Kier molecular flexibility index (Phi) is 6.45. The molecule has 0 aromatic carbocycles. The number of likely N-dealkylation sites (tertiary alicyclic amines) is 1. The number of rotatable bonds is 6. The summed E-state index contributed by atoms with van der Waals surface area (Å²) in [7, 11) is 0. The molecule has 3 heterocycles. The fraction of sp³-hybridized carbons (Fsp3) is 0.706. The summed E-state index contributed by atoms with van der Waals surface area (Å²) in [5, 5.41) is 5.06. The molecule has 1 aromatic heterocycles. The third-order valence-electron chi connectivity index (χ3n) is 4.73. The third-order valence-corrected chi connectivity index (χ3v) is 5.61. The number of carbonyl (C=O) groups excluding carboxylic acids is 1. The van der Waals surface area contributed by atoms with Gasteiger partial charge in [0.05, 0.1) is 26.3 Å². The number of nitrogens with one attached hydrogen (secondary N) is 1. The highest BCUT2D eigenvalue weighted by Crippen LogP contribution is 2.18. The van der Waals surface area contributed by atoms with Gasteiger partial charge in [0.2, 0.25) is 5.91 Å². The summed E-state index contributed by atoms with van der Waals surface area (Å²) in [6, 6.07) is 4.08. The van der Waals surface area contributed by atoms with Crippen LogP contribution in [0.15, 0.2) is 17.5 Å². The Hall–Kier alpha value is -0.950. The molecule has 23 heavy (non-hydrogen) atoms. The summed E-state index contributed by atoms with van der Waals surface area (Å²) in [5.41, 5.74) is 0. The Labute approximate surface area is 142 Å². The number of thiophene rings is 1. The molecule has 0 aliphatic carbocycles. The average Bonchev–Trinajstić information content (AvgIpc) is 3.09. The molecule has 6 heteroatoms. The summed E-state index contributed by atoms with van der Waals surface area (Å²) >= 11 is 1.69. The molecule has 0 radical (unpaired) electrons. The zero-order valence-corrected chi connectivity index (χ0v) is 14.5. The minimum atomic E-state index is 0.144. The molecule has 1 aromatic rings. The van der Waals surface area contributed by atoms with E-state index < -0.39 is 0 Å². The first-order chi connectivity index (χ1) is 11.3. The first kappa shape index (κ1) is 16.9. The maximum Gasteiger partial charge on any atom is 0.234 e. The maximum atomic E-state index is 12.0. The van der Waals surface area contributed by atoms with Gasteiger partial charge in [0.15, 0.2) is 0 Å². The molecule has 1 N–H and O–H groups in total. The zero-order valence-electron chi connectivity index (χ0n) is 13.7. The van der Waals surface area contributed by atoms with Crippen molar-refractivity contribution in [2.45, 2.75) is 19.4 Å². The van der Waals surface area contributed by atoms with E-state index in [4.69, 9.17) is 4.74 Å². The standard InChI is InChI=1S/C17H27N3O2S/c21-17(18-12-16-2-1-11-23-16)14-19-5-3-15(4-6-19)13-20-7-9-22-10-8-20/h1-2,11,15H,3-10,12-14H2,(H,18,21). The monoisotopic (exact) mass is 337 g/mol. The average molecular weight is 337 g/mol. The first-order valence-corrected chi connectivity index (χ1v) is 9.49. The SMILES string of the molecule is O=C(CN1CCC(CN2CCOCC2)CC1)NCc1cccs1. The van der Waals surface area contributed by atoms with Gasteiger partial charge in [0, 0.05) is 24.5 Å². The summed E-state index contributed by atoms with van der Waals surface area (Å²) < 4.78 is 5.41. The van der Waals surface area contributed by atoms with Gasteiger partial charge < -0.3 is 10.1 Å². The molecular weight excluding hydrogens is 310 g/mol. The Bertz CT molecular complexity index is 466. The van der Waals surface area contributed by atoms with Crippen molar-refractivity contribution in [1.29, 1.82) is 0 Å². The van der Waals surface area contributed by atoms with E-state index >= 15 is 0 Å². The summed E-state index contributed by atoms with van der Waals surface area (Å²) in [4.78, 5) is 18.1. The van der Waals surface area contributed by atoms with Crippen LogP contribution in [0.2, 0.25) is 0 Å². The normalized spacial score (nSPS) is 21.4. The predicted molar refractivity (Wildman–Crippen MR) is 92.6 cm³/mol. The molecular formula is C17H27N3O2S. The van der Waals surface area contributed by atoms with Crippen molar-refractivity contribution in [1.82, 2.24) is 15.1 Å². The highest BCUT2D eigenvalue weighted by atomic mass is 32.1. The molecule has 128 valence electrons.